The minimum atomic E-state index is 0.193. The summed E-state index contributed by atoms with van der Waals surface area (Å²) in [5, 5.41) is 0. The van der Waals surface area contributed by atoms with E-state index in [1.807, 2.05) is 0 Å². The van der Waals surface area contributed by atoms with Gasteiger partial charge in [0.2, 0.25) is 0 Å². The highest BCUT2D eigenvalue weighted by Crippen LogP contribution is 2.34. The summed E-state index contributed by atoms with van der Waals surface area (Å²) >= 11 is 0. The molecule has 0 atom stereocenters. The van der Waals surface area contributed by atoms with Crippen molar-refractivity contribution in [3.8, 4) is 0 Å². The fraction of sp³-hybridized carbons (Fsp3) is 1.00. The monoisotopic (exact) mass is 144 g/mol. The van der Waals surface area contributed by atoms with E-state index < -0.39 is 0 Å². The Kier molecular flexibility index (Phi) is 2.69. The minimum absolute atomic E-state index is 0.193. The lowest BCUT2D eigenvalue weighted by molar-refractivity contribution is -0.0975. The van der Waals surface area contributed by atoms with Crippen LogP contribution in [0.5, 0.6) is 0 Å². The Morgan fingerprint density at radius 1 is 1.30 bits per heavy atom. The Morgan fingerprint density at radius 3 is 2.40 bits per heavy atom. The lowest BCUT2D eigenvalue weighted by Gasteiger charge is -2.38. The van der Waals surface area contributed by atoms with E-state index >= 15 is 0 Å². The first-order chi connectivity index (χ1) is 4.77. The molecule has 1 aliphatic carbocycles. The molecule has 0 N–H and O–H groups in total. The fourth-order valence-electron chi connectivity index (χ4n) is 1.19. The van der Waals surface area contributed by atoms with Crippen LogP contribution < -0.4 is 0 Å². The topological polar surface area (TPSA) is 18.5 Å². The zero-order chi connectivity index (χ0) is 7.45. The SMILES string of the molecule is COCCOC1(C)CCC1. The van der Waals surface area contributed by atoms with Crippen molar-refractivity contribution in [1.82, 2.24) is 0 Å². The number of ether oxygens (including phenoxy) is 2. The van der Waals surface area contributed by atoms with Gasteiger partial charge >= 0.3 is 0 Å². The summed E-state index contributed by atoms with van der Waals surface area (Å²) in [5.41, 5.74) is 0.193. The van der Waals surface area contributed by atoms with Crippen molar-refractivity contribution in [2.45, 2.75) is 31.8 Å². The third kappa shape index (κ3) is 1.96. The molecule has 0 aromatic carbocycles. The van der Waals surface area contributed by atoms with E-state index in [1.165, 1.54) is 19.3 Å². The number of methoxy groups -OCH3 is 1. The lowest BCUT2D eigenvalue weighted by Crippen LogP contribution is -2.37. The minimum Gasteiger partial charge on any atom is -0.382 e. The highest BCUT2D eigenvalue weighted by atomic mass is 16.5. The molecule has 2 heteroatoms. The Hall–Kier alpha value is -0.0800. The average molecular weight is 144 g/mol. The Labute approximate surface area is 62.5 Å². The third-order valence-corrected chi connectivity index (χ3v) is 2.15. The maximum atomic E-state index is 5.58. The molecule has 0 radical (unpaired) electrons. The van der Waals surface area contributed by atoms with Crippen LogP contribution in [0.4, 0.5) is 0 Å². The second-order valence-corrected chi connectivity index (χ2v) is 3.14. The predicted molar refractivity (Wildman–Crippen MR) is 40.1 cm³/mol. The maximum absolute atomic E-state index is 5.58. The van der Waals surface area contributed by atoms with Crippen LogP contribution >= 0.6 is 0 Å². The summed E-state index contributed by atoms with van der Waals surface area (Å²) in [5.74, 6) is 0. The third-order valence-electron chi connectivity index (χ3n) is 2.15. The molecular formula is C8H16O2. The van der Waals surface area contributed by atoms with E-state index in [4.69, 9.17) is 9.47 Å². The molecule has 2 nitrogen and oxygen atoms in total. The zero-order valence-electron chi connectivity index (χ0n) is 6.85. The van der Waals surface area contributed by atoms with Crippen molar-refractivity contribution in [1.29, 1.82) is 0 Å². The lowest BCUT2D eigenvalue weighted by atomic mass is 9.82. The van der Waals surface area contributed by atoms with Gasteiger partial charge in [0.05, 0.1) is 18.8 Å². The molecule has 1 aliphatic rings. The van der Waals surface area contributed by atoms with Crippen molar-refractivity contribution >= 4 is 0 Å². The normalized spacial score (nSPS) is 22.2. The Morgan fingerprint density at radius 2 is 2.00 bits per heavy atom. The summed E-state index contributed by atoms with van der Waals surface area (Å²) in [6.45, 7) is 3.63. The van der Waals surface area contributed by atoms with E-state index in [9.17, 15) is 0 Å². The highest BCUT2D eigenvalue weighted by molar-refractivity contribution is 4.84. The van der Waals surface area contributed by atoms with E-state index in [0.29, 0.717) is 0 Å². The Bertz CT molecular complexity index is 97.4. The van der Waals surface area contributed by atoms with E-state index in [1.54, 1.807) is 7.11 Å². The molecule has 0 bridgehead atoms. The van der Waals surface area contributed by atoms with Crippen LogP contribution in [-0.2, 0) is 9.47 Å². The quantitative estimate of drug-likeness (QED) is 0.558. The van der Waals surface area contributed by atoms with Crippen molar-refractivity contribution < 1.29 is 9.47 Å². The second-order valence-electron chi connectivity index (χ2n) is 3.14. The number of rotatable bonds is 4. The molecule has 0 aromatic heterocycles. The molecule has 1 fully saturated rings. The van der Waals surface area contributed by atoms with Gasteiger partial charge in [0.1, 0.15) is 0 Å². The number of hydrogen-bond acceptors (Lipinski definition) is 2. The molecule has 0 heterocycles. The van der Waals surface area contributed by atoms with E-state index in [2.05, 4.69) is 6.92 Å². The van der Waals surface area contributed by atoms with Gasteiger partial charge in [-0.15, -0.1) is 0 Å². The van der Waals surface area contributed by atoms with Crippen LogP contribution in [0.25, 0.3) is 0 Å². The van der Waals surface area contributed by atoms with Crippen molar-refractivity contribution in [3.05, 3.63) is 0 Å². The van der Waals surface area contributed by atoms with Gasteiger partial charge < -0.3 is 9.47 Å². The molecule has 1 saturated carbocycles. The van der Waals surface area contributed by atoms with Crippen LogP contribution in [0.3, 0.4) is 0 Å². The van der Waals surface area contributed by atoms with Gasteiger partial charge in [0.25, 0.3) is 0 Å². The van der Waals surface area contributed by atoms with Crippen molar-refractivity contribution in [2.24, 2.45) is 0 Å². The van der Waals surface area contributed by atoms with Gasteiger partial charge in [-0.05, 0) is 26.2 Å². The number of hydrogen-bond donors (Lipinski definition) is 0. The molecule has 1 rings (SSSR count). The molecule has 10 heavy (non-hydrogen) atoms. The summed E-state index contributed by atoms with van der Waals surface area (Å²) < 4.78 is 10.5. The first-order valence-corrected chi connectivity index (χ1v) is 3.90. The van der Waals surface area contributed by atoms with Crippen molar-refractivity contribution in [3.63, 3.8) is 0 Å². The largest absolute Gasteiger partial charge is 0.382 e. The van der Waals surface area contributed by atoms with Crippen LogP contribution in [-0.4, -0.2) is 25.9 Å². The van der Waals surface area contributed by atoms with Crippen molar-refractivity contribution in [2.75, 3.05) is 20.3 Å². The second kappa shape index (κ2) is 3.35. The average Bonchev–Trinajstić information content (AvgIpc) is 1.85. The molecular weight excluding hydrogens is 128 g/mol. The van der Waals surface area contributed by atoms with Crippen LogP contribution in [0, 0.1) is 0 Å². The smallest absolute Gasteiger partial charge is 0.0707 e. The van der Waals surface area contributed by atoms with Gasteiger partial charge in [0, 0.05) is 7.11 Å². The van der Waals surface area contributed by atoms with E-state index in [0.717, 1.165) is 13.2 Å². The first-order valence-electron chi connectivity index (χ1n) is 3.90. The molecule has 0 unspecified atom stereocenters. The standard InChI is InChI=1S/C8H16O2/c1-8(4-3-5-8)10-7-6-9-2/h3-7H2,1-2H3. The van der Waals surface area contributed by atoms with Gasteiger partial charge in [-0.1, -0.05) is 0 Å². The van der Waals surface area contributed by atoms with Crippen LogP contribution in [0.2, 0.25) is 0 Å². The van der Waals surface area contributed by atoms with Crippen LogP contribution in [0.15, 0.2) is 0 Å². The van der Waals surface area contributed by atoms with Crippen LogP contribution in [0.1, 0.15) is 26.2 Å². The summed E-state index contributed by atoms with van der Waals surface area (Å²) in [6, 6.07) is 0. The van der Waals surface area contributed by atoms with Gasteiger partial charge in [-0.2, -0.15) is 0 Å². The molecule has 0 aromatic rings. The van der Waals surface area contributed by atoms with Gasteiger partial charge in [-0.25, -0.2) is 0 Å². The highest BCUT2D eigenvalue weighted by Gasteiger charge is 2.32. The molecule has 0 spiro atoms. The maximum Gasteiger partial charge on any atom is 0.0707 e. The predicted octanol–water partition coefficient (Wildman–Crippen LogP) is 1.59. The molecule has 0 saturated heterocycles. The van der Waals surface area contributed by atoms with Gasteiger partial charge in [0.15, 0.2) is 0 Å². The summed E-state index contributed by atoms with van der Waals surface area (Å²) in [7, 11) is 1.70. The summed E-state index contributed by atoms with van der Waals surface area (Å²) in [4.78, 5) is 0. The first kappa shape index (κ1) is 8.02. The zero-order valence-corrected chi connectivity index (χ0v) is 6.85. The van der Waals surface area contributed by atoms with Gasteiger partial charge in [-0.3, -0.25) is 0 Å². The molecule has 60 valence electrons. The Balaban J connectivity index is 2.01. The molecule has 0 aliphatic heterocycles. The van der Waals surface area contributed by atoms with E-state index in [-0.39, 0.29) is 5.60 Å². The fourth-order valence-corrected chi connectivity index (χ4v) is 1.19. The summed E-state index contributed by atoms with van der Waals surface area (Å²) in [6.07, 6.45) is 3.76. The molecule has 0 amide bonds.